The third kappa shape index (κ3) is 3.15. The molecular weight excluding hydrogens is 366 g/mol. The van der Waals surface area contributed by atoms with E-state index in [1.807, 2.05) is 36.1 Å². The Hall–Kier alpha value is -2.60. The summed E-state index contributed by atoms with van der Waals surface area (Å²) in [5, 5.41) is 0. The molecule has 0 N–H and O–H groups in total. The Labute approximate surface area is 170 Å². The Morgan fingerprint density at radius 2 is 1.97 bits per heavy atom. The zero-order valence-electron chi connectivity index (χ0n) is 17.0. The number of aromatic nitrogens is 1. The molecule has 3 atom stereocenters. The predicted octanol–water partition coefficient (Wildman–Crippen LogP) is 2.62. The van der Waals surface area contributed by atoms with Crippen molar-refractivity contribution in [1.29, 1.82) is 0 Å². The molecule has 0 unspecified atom stereocenters. The lowest BCUT2D eigenvalue weighted by Gasteiger charge is -2.46. The van der Waals surface area contributed by atoms with Gasteiger partial charge in [-0.3, -0.25) is 19.1 Å². The molecule has 152 valence electrons. The summed E-state index contributed by atoms with van der Waals surface area (Å²) in [7, 11) is 0. The minimum absolute atomic E-state index is 0.0616. The van der Waals surface area contributed by atoms with Gasteiger partial charge in [-0.2, -0.15) is 0 Å². The topological polar surface area (TPSA) is 58.7 Å². The fourth-order valence-electron chi connectivity index (χ4n) is 5.27. The molecule has 1 amide bonds. The Kier molecular flexibility index (Phi) is 4.46. The highest BCUT2D eigenvalue weighted by Crippen LogP contribution is 2.42. The lowest BCUT2D eigenvalue weighted by molar-refractivity contribution is -0.137. The number of pyridine rings is 1. The van der Waals surface area contributed by atoms with Crippen LogP contribution in [-0.2, 0) is 11.3 Å². The lowest BCUT2D eigenvalue weighted by atomic mass is 9.78. The number of nitrogens with zero attached hydrogens (tertiary/aromatic N) is 3. The van der Waals surface area contributed by atoms with Gasteiger partial charge in [0.05, 0.1) is 6.54 Å². The molecule has 1 saturated heterocycles. The Bertz CT molecular complexity index is 1010. The number of piperidine rings is 1. The highest BCUT2D eigenvalue weighted by atomic mass is 16.3. The van der Waals surface area contributed by atoms with E-state index in [1.165, 1.54) is 5.56 Å². The number of carbonyl (C=O) groups excluding carboxylic acids is 1. The molecule has 0 aromatic carbocycles. The van der Waals surface area contributed by atoms with Gasteiger partial charge < -0.3 is 9.32 Å². The number of carbonyl (C=O) groups is 1. The fourth-order valence-corrected chi connectivity index (χ4v) is 5.27. The van der Waals surface area contributed by atoms with E-state index < -0.39 is 6.04 Å². The summed E-state index contributed by atoms with van der Waals surface area (Å²) in [5.74, 6) is 2.40. The first kappa shape index (κ1) is 18.4. The van der Waals surface area contributed by atoms with Gasteiger partial charge >= 0.3 is 0 Å². The molecule has 3 aliphatic heterocycles. The van der Waals surface area contributed by atoms with Crippen molar-refractivity contribution >= 4 is 5.91 Å². The Balaban J connectivity index is 1.48. The van der Waals surface area contributed by atoms with Crippen LogP contribution in [0.3, 0.4) is 0 Å². The van der Waals surface area contributed by atoms with Gasteiger partial charge in [0.2, 0.25) is 5.91 Å². The number of likely N-dealkylation sites (tertiary alicyclic amines) is 1. The van der Waals surface area contributed by atoms with Gasteiger partial charge in [0.25, 0.3) is 5.56 Å². The molecule has 1 fully saturated rings. The number of fused-ring (bicyclic) bond motifs is 4. The molecule has 3 aliphatic rings. The molecule has 29 heavy (non-hydrogen) atoms. The average molecular weight is 393 g/mol. The summed E-state index contributed by atoms with van der Waals surface area (Å²) in [6.45, 7) is 7.75. The summed E-state index contributed by atoms with van der Waals surface area (Å²) in [6.07, 6.45) is 4.99. The van der Waals surface area contributed by atoms with E-state index in [0.29, 0.717) is 13.1 Å². The molecule has 2 bridgehead atoms. The molecule has 0 radical (unpaired) electrons. The average Bonchev–Trinajstić information content (AvgIpc) is 3.33. The summed E-state index contributed by atoms with van der Waals surface area (Å²) in [4.78, 5) is 30.4. The number of furan rings is 1. The van der Waals surface area contributed by atoms with E-state index in [0.717, 1.165) is 43.3 Å². The van der Waals surface area contributed by atoms with E-state index >= 15 is 0 Å². The standard InChI is InChI=1S/C23H27N3O3/c1-15-10-19(29-16(15)2)14-24-12-17-11-18(13-24)22(23(28)25-8-3-4-9-25)26-20(17)6-5-7-21(26)27/h3-7,10,17-18,22H,8-9,11-14H2,1-2H3/t17-,18+,22+/m0/s1. The minimum Gasteiger partial charge on any atom is -0.465 e. The molecule has 0 aliphatic carbocycles. The molecule has 0 saturated carbocycles. The minimum atomic E-state index is -0.419. The lowest BCUT2D eigenvalue weighted by Crippen LogP contribution is -2.53. The smallest absolute Gasteiger partial charge is 0.251 e. The zero-order chi connectivity index (χ0) is 20.1. The summed E-state index contributed by atoms with van der Waals surface area (Å²) in [6, 6.07) is 7.12. The molecule has 0 spiro atoms. The maximum atomic E-state index is 13.4. The Morgan fingerprint density at radius 1 is 1.17 bits per heavy atom. The van der Waals surface area contributed by atoms with Crippen LogP contribution in [0.1, 0.15) is 41.2 Å². The highest BCUT2D eigenvalue weighted by molar-refractivity contribution is 5.82. The molecule has 5 heterocycles. The van der Waals surface area contributed by atoms with Crippen LogP contribution in [-0.4, -0.2) is 46.5 Å². The van der Waals surface area contributed by atoms with Crippen LogP contribution in [0.4, 0.5) is 0 Å². The maximum absolute atomic E-state index is 13.4. The summed E-state index contributed by atoms with van der Waals surface area (Å²) in [5.41, 5.74) is 2.10. The van der Waals surface area contributed by atoms with Gasteiger partial charge in [-0.05, 0) is 38.0 Å². The summed E-state index contributed by atoms with van der Waals surface area (Å²) >= 11 is 0. The molecule has 2 aromatic rings. The SMILES string of the molecule is Cc1cc(CN2C[C@@H]3C[C@H](C2)[C@H](C(=O)N2CC=CC2)n2c3cccc2=O)oc1C. The molecular formula is C23H27N3O3. The van der Waals surface area contributed by atoms with Crippen LogP contribution in [0.15, 0.2) is 45.6 Å². The van der Waals surface area contributed by atoms with E-state index in [-0.39, 0.29) is 23.3 Å². The van der Waals surface area contributed by atoms with E-state index in [9.17, 15) is 9.59 Å². The first-order chi connectivity index (χ1) is 14.0. The van der Waals surface area contributed by atoms with E-state index in [1.54, 1.807) is 10.6 Å². The highest BCUT2D eigenvalue weighted by Gasteiger charge is 2.45. The molecule has 5 rings (SSSR count). The third-order valence-electron chi connectivity index (χ3n) is 6.70. The number of rotatable bonds is 3. The van der Waals surface area contributed by atoms with Crippen molar-refractivity contribution in [2.45, 2.75) is 38.8 Å². The van der Waals surface area contributed by atoms with Crippen LogP contribution < -0.4 is 5.56 Å². The Morgan fingerprint density at radius 3 is 2.69 bits per heavy atom. The van der Waals surface area contributed by atoms with Crippen molar-refractivity contribution < 1.29 is 9.21 Å². The van der Waals surface area contributed by atoms with E-state index in [4.69, 9.17) is 4.42 Å². The predicted molar refractivity (Wildman–Crippen MR) is 110 cm³/mol. The normalized spacial score (nSPS) is 26.0. The number of hydrogen-bond donors (Lipinski definition) is 0. The van der Waals surface area contributed by atoms with Crippen molar-refractivity contribution in [2.75, 3.05) is 26.2 Å². The van der Waals surface area contributed by atoms with Crippen molar-refractivity contribution in [1.82, 2.24) is 14.4 Å². The van der Waals surface area contributed by atoms with Crippen LogP contribution in [0, 0.1) is 19.8 Å². The van der Waals surface area contributed by atoms with Gasteiger partial charge in [-0.15, -0.1) is 0 Å². The van der Waals surface area contributed by atoms with Gasteiger partial charge in [-0.1, -0.05) is 18.2 Å². The van der Waals surface area contributed by atoms with Crippen molar-refractivity contribution in [3.63, 3.8) is 0 Å². The first-order valence-corrected chi connectivity index (χ1v) is 10.4. The second-order valence-electron chi connectivity index (χ2n) is 8.66. The van der Waals surface area contributed by atoms with Crippen LogP contribution in [0.5, 0.6) is 0 Å². The zero-order valence-corrected chi connectivity index (χ0v) is 17.0. The third-order valence-corrected chi connectivity index (χ3v) is 6.70. The largest absolute Gasteiger partial charge is 0.465 e. The maximum Gasteiger partial charge on any atom is 0.251 e. The van der Waals surface area contributed by atoms with Crippen molar-refractivity contribution in [3.8, 4) is 0 Å². The van der Waals surface area contributed by atoms with Crippen molar-refractivity contribution in [2.24, 2.45) is 5.92 Å². The van der Waals surface area contributed by atoms with Crippen LogP contribution in [0.25, 0.3) is 0 Å². The number of amides is 1. The van der Waals surface area contributed by atoms with Crippen LogP contribution >= 0.6 is 0 Å². The first-order valence-electron chi connectivity index (χ1n) is 10.4. The quantitative estimate of drug-likeness (QED) is 0.753. The van der Waals surface area contributed by atoms with Gasteiger partial charge in [-0.25, -0.2) is 0 Å². The number of aryl methyl sites for hydroxylation is 2. The van der Waals surface area contributed by atoms with Crippen molar-refractivity contribution in [3.05, 3.63) is 69.5 Å². The summed E-state index contributed by atoms with van der Waals surface area (Å²) < 4.78 is 7.69. The van der Waals surface area contributed by atoms with E-state index in [2.05, 4.69) is 17.9 Å². The second-order valence-corrected chi connectivity index (χ2v) is 8.66. The van der Waals surface area contributed by atoms with Crippen LogP contribution in [0.2, 0.25) is 0 Å². The van der Waals surface area contributed by atoms with Gasteiger partial charge in [0.1, 0.15) is 17.6 Å². The number of hydrogen-bond acceptors (Lipinski definition) is 4. The molecule has 6 nitrogen and oxygen atoms in total. The second kappa shape index (κ2) is 7.02. The monoisotopic (exact) mass is 393 g/mol. The van der Waals surface area contributed by atoms with Gasteiger partial charge in [0, 0.05) is 49.8 Å². The van der Waals surface area contributed by atoms with Gasteiger partial charge in [0.15, 0.2) is 0 Å². The molecule has 2 aromatic heterocycles. The fraction of sp³-hybridized carbons (Fsp3) is 0.478. The molecule has 6 heteroatoms.